The van der Waals surface area contributed by atoms with Crippen LogP contribution >= 0.6 is 0 Å². The van der Waals surface area contributed by atoms with Crippen LogP contribution in [0.15, 0.2) is 6.07 Å². The Bertz CT molecular complexity index is 463. The van der Waals surface area contributed by atoms with E-state index in [9.17, 15) is 23.7 Å². The SMILES string of the molecule is Nc1cc(C(=O)O)c([N+](=O)[O-])nc1C(F)F. The number of nitrogen functional groups attached to an aromatic ring is 1. The molecule has 1 heterocycles. The molecule has 3 N–H and O–H groups in total. The van der Waals surface area contributed by atoms with Gasteiger partial charge in [0.25, 0.3) is 0 Å². The molecular formula is C7H5F2N3O4. The Kier molecular flexibility index (Phi) is 2.97. The van der Waals surface area contributed by atoms with E-state index in [4.69, 9.17) is 10.8 Å². The van der Waals surface area contributed by atoms with E-state index >= 15 is 0 Å². The van der Waals surface area contributed by atoms with Crippen LogP contribution in [0.4, 0.5) is 20.3 Å². The smallest absolute Gasteiger partial charge is 0.378 e. The number of aromatic nitrogens is 1. The first kappa shape index (κ1) is 11.8. The Morgan fingerprint density at radius 1 is 1.62 bits per heavy atom. The summed E-state index contributed by atoms with van der Waals surface area (Å²) in [7, 11) is 0. The van der Waals surface area contributed by atoms with Gasteiger partial charge in [-0.3, -0.25) is 0 Å². The van der Waals surface area contributed by atoms with E-state index in [1.54, 1.807) is 0 Å². The minimum absolute atomic E-state index is 0.592. The van der Waals surface area contributed by atoms with E-state index in [2.05, 4.69) is 4.98 Å². The van der Waals surface area contributed by atoms with Gasteiger partial charge in [0, 0.05) is 0 Å². The summed E-state index contributed by atoms with van der Waals surface area (Å²) < 4.78 is 24.6. The second-order valence-electron chi connectivity index (χ2n) is 2.70. The third-order valence-electron chi connectivity index (χ3n) is 1.67. The predicted molar refractivity (Wildman–Crippen MR) is 47.2 cm³/mol. The number of nitrogens with zero attached hydrogens (tertiary/aromatic N) is 2. The van der Waals surface area contributed by atoms with E-state index in [0.717, 1.165) is 0 Å². The highest BCUT2D eigenvalue weighted by molar-refractivity contribution is 5.92. The molecule has 0 atom stereocenters. The van der Waals surface area contributed by atoms with E-state index in [1.165, 1.54) is 0 Å². The zero-order valence-corrected chi connectivity index (χ0v) is 7.55. The Morgan fingerprint density at radius 3 is 2.56 bits per heavy atom. The van der Waals surface area contributed by atoms with Gasteiger partial charge in [-0.2, -0.15) is 0 Å². The average molecular weight is 233 g/mol. The number of aromatic carboxylic acids is 1. The van der Waals surface area contributed by atoms with Crippen molar-refractivity contribution in [2.75, 3.05) is 5.73 Å². The third kappa shape index (κ3) is 2.02. The Labute approximate surface area is 86.7 Å². The van der Waals surface area contributed by atoms with Gasteiger partial charge in [0.15, 0.2) is 5.56 Å². The maximum absolute atomic E-state index is 12.3. The van der Waals surface area contributed by atoms with Crippen molar-refractivity contribution in [2.24, 2.45) is 0 Å². The Morgan fingerprint density at radius 2 is 2.19 bits per heavy atom. The second-order valence-corrected chi connectivity index (χ2v) is 2.70. The molecule has 0 saturated carbocycles. The number of alkyl halides is 2. The molecule has 0 spiro atoms. The molecule has 9 heteroatoms. The molecule has 0 aliphatic heterocycles. The number of anilines is 1. The first-order valence-corrected chi connectivity index (χ1v) is 3.80. The fourth-order valence-corrected chi connectivity index (χ4v) is 1.00. The number of nitro groups is 1. The highest BCUT2D eigenvalue weighted by atomic mass is 19.3. The van der Waals surface area contributed by atoms with Crippen molar-refractivity contribution in [1.82, 2.24) is 4.98 Å². The maximum Gasteiger partial charge on any atom is 0.378 e. The number of carboxylic acid groups (broad SMARTS) is 1. The predicted octanol–water partition coefficient (Wildman–Crippen LogP) is 1.21. The monoisotopic (exact) mass is 233 g/mol. The van der Waals surface area contributed by atoms with Crippen LogP contribution in [0.2, 0.25) is 0 Å². The maximum atomic E-state index is 12.3. The lowest BCUT2D eigenvalue weighted by Crippen LogP contribution is -2.09. The van der Waals surface area contributed by atoms with Crippen LogP contribution in [0.5, 0.6) is 0 Å². The van der Waals surface area contributed by atoms with Crippen LogP contribution in [0.1, 0.15) is 22.5 Å². The van der Waals surface area contributed by atoms with Crippen molar-refractivity contribution in [2.45, 2.75) is 6.43 Å². The van der Waals surface area contributed by atoms with Crippen LogP contribution in [-0.4, -0.2) is 21.0 Å². The number of hydrogen-bond donors (Lipinski definition) is 2. The number of hydrogen-bond acceptors (Lipinski definition) is 5. The number of rotatable bonds is 3. The third-order valence-corrected chi connectivity index (χ3v) is 1.67. The van der Waals surface area contributed by atoms with Crippen LogP contribution < -0.4 is 5.73 Å². The van der Waals surface area contributed by atoms with Crippen molar-refractivity contribution in [3.05, 3.63) is 27.4 Å². The Balaban J connectivity index is 3.49. The molecule has 7 nitrogen and oxygen atoms in total. The van der Waals surface area contributed by atoms with E-state index < -0.39 is 40.1 Å². The zero-order valence-electron chi connectivity index (χ0n) is 7.55. The Hall–Kier alpha value is -2.32. The van der Waals surface area contributed by atoms with Crippen LogP contribution in [0, 0.1) is 10.1 Å². The van der Waals surface area contributed by atoms with E-state index in [0.29, 0.717) is 6.07 Å². The van der Waals surface area contributed by atoms with Crippen molar-refractivity contribution >= 4 is 17.5 Å². The molecule has 1 rings (SSSR count). The molecule has 86 valence electrons. The van der Waals surface area contributed by atoms with Crippen molar-refractivity contribution in [3.8, 4) is 0 Å². The lowest BCUT2D eigenvalue weighted by molar-refractivity contribution is -0.390. The molecule has 1 aromatic rings. The minimum Gasteiger partial charge on any atom is -0.477 e. The quantitative estimate of drug-likeness (QED) is 0.598. The van der Waals surface area contributed by atoms with Gasteiger partial charge in [-0.25, -0.2) is 13.6 Å². The van der Waals surface area contributed by atoms with Gasteiger partial charge in [0.1, 0.15) is 0 Å². The first-order chi connectivity index (χ1) is 7.34. The van der Waals surface area contributed by atoms with Gasteiger partial charge in [-0.1, -0.05) is 0 Å². The fourth-order valence-electron chi connectivity index (χ4n) is 1.00. The first-order valence-electron chi connectivity index (χ1n) is 3.80. The summed E-state index contributed by atoms with van der Waals surface area (Å²) in [5, 5.41) is 19.0. The van der Waals surface area contributed by atoms with Gasteiger partial charge in [0.05, 0.1) is 5.69 Å². The van der Waals surface area contributed by atoms with Crippen LogP contribution in [0.3, 0.4) is 0 Å². The van der Waals surface area contributed by atoms with Crippen molar-refractivity contribution < 1.29 is 23.6 Å². The van der Waals surface area contributed by atoms with Gasteiger partial charge in [-0.05, 0) is 16.0 Å². The molecule has 1 aromatic heterocycles. The van der Waals surface area contributed by atoms with Crippen LogP contribution in [-0.2, 0) is 0 Å². The molecule has 16 heavy (non-hydrogen) atoms. The molecule has 0 aliphatic rings. The number of halogens is 2. The molecule has 0 unspecified atom stereocenters. The van der Waals surface area contributed by atoms with Gasteiger partial charge in [-0.15, -0.1) is 0 Å². The summed E-state index contributed by atoms with van der Waals surface area (Å²) in [6.07, 6.45) is -3.11. The summed E-state index contributed by atoms with van der Waals surface area (Å²) in [6, 6.07) is 0.592. The molecule has 0 aliphatic carbocycles. The van der Waals surface area contributed by atoms with E-state index in [-0.39, 0.29) is 0 Å². The normalized spacial score (nSPS) is 10.4. The lowest BCUT2D eigenvalue weighted by Gasteiger charge is -2.02. The molecule has 0 fully saturated rings. The van der Waals surface area contributed by atoms with E-state index in [1.807, 2.05) is 0 Å². The molecule has 0 bridgehead atoms. The minimum atomic E-state index is -3.11. The van der Waals surface area contributed by atoms with Gasteiger partial charge >= 0.3 is 18.2 Å². The highest BCUT2D eigenvalue weighted by Crippen LogP contribution is 2.28. The van der Waals surface area contributed by atoms with Crippen molar-refractivity contribution in [3.63, 3.8) is 0 Å². The largest absolute Gasteiger partial charge is 0.477 e. The van der Waals surface area contributed by atoms with Gasteiger partial charge in [0.2, 0.25) is 5.69 Å². The number of carbonyl (C=O) groups is 1. The molecule has 0 radical (unpaired) electrons. The number of carboxylic acids is 1. The summed E-state index contributed by atoms with van der Waals surface area (Å²) in [4.78, 5) is 22.8. The summed E-state index contributed by atoms with van der Waals surface area (Å²) in [5.74, 6) is -2.82. The molecule has 0 saturated heterocycles. The lowest BCUT2D eigenvalue weighted by atomic mass is 10.2. The topological polar surface area (TPSA) is 119 Å². The second kappa shape index (κ2) is 4.04. The molecular weight excluding hydrogens is 228 g/mol. The summed E-state index contributed by atoms with van der Waals surface area (Å²) in [6.45, 7) is 0. The zero-order chi connectivity index (χ0) is 12.5. The number of nitrogens with two attached hydrogens (primary N) is 1. The summed E-state index contributed by atoms with van der Waals surface area (Å²) in [5.41, 5.74) is 2.67. The standard InChI is InChI=1S/C7H5F2N3O4/c8-5(9)4-3(10)1-2(7(13)14)6(11-4)12(15)16/h1,5H,10H2,(H,13,14). The molecule has 0 amide bonds. The average Bonchev–Trinajstić information content (AvgIpc) is 2.15. The van der Waals surface area contributed by atoms with Crippen molar-refractivity contribution in [1.29, 1.82) is 0 Å². The fraction of sp³-hybridized carbons (Fsp3) is 0.143. The van der Waals surface area contributed by atoms with Crippen LogP contribution in [0.25, 0.3) is 0 Å². The highest BCUT2D eigenvalue weighted by Gasteiger charge is 2.29. The molecule has 0 aromatic carbocycles. The number of pyridine rings is 1. The van der Waals surface area contributed by atoms with Gasteiger partial charge < -0.3 is 21.0 Å². The summed E-state index contributed by atoms with van der Waals surface area (Å²) >= 11 is 0.